The van der Waals surface area contributed by atoms with Gasteiger partial charge in [0.05, 0.1) is 12.7 Å². The SMILES string of the molecule is COCCN(C)CCNC1CCCCC1OC. The summed E-state index contributed by atoms with van der Waals surface area (Å²) >= 11 is 0. The van der Waals surface area contributed by atoms with Crippen molar-refractivity contribution in [1.82, 2.24) is 10.2 Å². The van der Waals surface area contributed by atoms with E-state index in [1.807, 2.05) is 7.11 Å². The van der Waals surface area contributed by atoms with Gasteiger partial charge in [-0.1, -0.05) is 12.8 Å². The van der Waals surface area contributed by atoms with Crippen molar-refractivity contribution in [3.63, 3.8) is 0 Å². The van der Waals surface area contributed by atoms with Crippen LogP contribution in [0, 0.1) is 0 Å². The van der Waals surface area contributed by atoms with E-state index in [1.165, 1.54) is 25.7 Å². The van der Waals surface area contributed by atoms with Gasteiger partial charge in [0.25, 0.3) is 0 Å². The Bertz CT molecular complexity index is 190. The third-order valence-corrected chi connectivity index (χ3v) is 3.58. The van der Waals surface area contributed by atoms with Crippen LogP contribution in [0.15, 0.2) is 0 Å². The van der Waals surface area contributed by atoms with Gasteiger partial charge in [0.15, 0.2) is 0 Å². The van der Waals surface area contributed by atoms with E-state index in [4.69, 9.17) is 9.47 Å². The van der Waals surface area contributed by atoms with Gasteiger partial charge in [-0.2, -0.15) is 0 Å². The third-order valence-electron chi connectivity index (χ3n) is 3.58. The van der Waals surface area contributed by atoms with Crippen LogP contribution in [0.3, 0.4) is 0 Å². The van der Waals surface area contributed by atoms with E-state index in [2.05, 4.69) is 17.3 Å². The van der Waals surface area contributed by atoms with Gasteiger partial charge in [-0.3, -0.25) is 0 Å². The van der Waals surface area contributed by atoms with Gasteiger partial charge in [-0.25, -0.2) is 0 Å². The molecule has 0 radical (unpaired) electrons. The molecule has 0 saturated heterocycles. The highest BCUT2D eigenvalue weighted by Gasteiger charge is 2.23. The highest BCUT2D eigenvalue weighted by Crippen LogP contribution is 2.20. The second kappa shape index (κ2) is 8.86. The average molecular weight is 244 g/mol. The fraction of sp³-hybridized carbons (Fsp3) is 1.00. The molecule has 0 aromatic carbocycles. The summed E-state index contributed by atoms with van der Waals surface area (Å²) < 4.78 is 10.6. The van der Waals surface area contributed by atoms with E-state index in [9.17, 15) is 0 Å². The summed E-state index contributed by atoms with van der Waals surface area (Å²) in [5.74, 6) is 0. The lowest BCUT2D eigenvalue weighted by Gasteiger charge is -2.31. The normalized spacial score (nSPS) is 25.4. The molecule has 4 heteroatoms. The number of methoxy groups -OCH3 is 2. The lowest BCUT2D eigenvalue weighted by Crippen LogP contribution is -2.45. The maximum Gasteiger partial charge on any atom is 0.0724 e. The van der Waals surface area contributed by atoms with E-state index in [1.54, 1.807) is 7.11 Å². The molecule has 1 rings (SSSR count). The number of hydrogen-bond donors (Lipinski definition) is 1. The van der Waals surface area contributed by atoms with Crippen molar-refractivity contribution in [3.8, 4) is 0 Å². The molecule has 0 bridgehead atoms. The molecule has 1 saturated carbocycles. The summed E-state index contributed by atoms with van der Waals surface area (Å²) in [5.41, 5.74) is 0. The van der Waals surface area contributed by atoms with Crippen LogP contribution in [0.5, 0.6) is 0 Å². The fourth-order valence-electron chi connectivity index (χ4n) is 2.41. The molecule has 1 N–H and O–H groups in total. The summed E-state index contributed by atoms with van der Waals surface area (Å²) in [6.07, 6.45) is 5.50. The molecule has 102 valence electrons. The van der Waals surface area contributed by atoms with Gasteiger partial charge in [0.2, 0.25) is 0 Å². The molecule has 0 aliphatic heterocycles. The Labute approximate surface area is 106 Å². The smallest absolute Gasteiger partial charge is 0.0724 e. The molecule has 2 atom stereocenters. The molecule has 1 aliphatic rings. The molecule has 4 nitrogen and oxygen atoms in total. The molecular formula is C13H28N2O2. The van der Waals surface area contributed by atoms with Crippen molar-refractivity contribution in [2.45, 2.75) is 37.8 Å². The number of rotatable bonds is 8. The molecule has 1 fully saturated rings. The zero-order valence-electron chi connectivity index (χ0n) is 11.6. The minimum absolute atomic E-state index is 0.410. The summed E-state index contributed by atoms with van der Waals surface area (Å²) in [4.78, 5) is 2.29. The van der Waals surface area contributed by atoms with Crippen LogP contribution < -0.4 is 5.32 Å². The largest absolute Gasteiger partial charge is 0.383 e. The highest BCUT2D eigenvalue weighted by molar-refractivity contribution is 4.81. The van der Waals surface area contributed by atoms with Crippen LogP contribution in [0.25, 0.3) is 0 Å². The van der Waals surface area contributed by atoms with Gasteiger partial charge in [0.1, 0.15) is 0 Å². The summed E-state index contributed by atoms with van der Waals surface area (Å²) in [5, 5.41) is 3.62. The Morgan fingerprint density at radius 1 is 1.18 bits per heavy atom. The Kier molecular flexibility index (Phi) is 7.77. The molecule has 0 aromatic rings. The summed E-state index contributed by atoms with van der Waals surface area (Å²) in [6, 6.07) is 0.546. The highest BCUT2D eigenvalue weighted by atomic mass is 16.5. The van der Waals surface area contributed by atoms with E-state index >= 15 is 0 Å². The number of ether oxygens (including phenoxy) is 2. The molecule has 0 heterocycles. The van der Waals surface area contributed by atoms with Crippen molar-refractivity contribution >= 4 is 0 Å². The number of nitrogens with zero attached hydrogens (tertiary/aromatic N) is 1. The minimum atomic E-state index is 0.410. The predicted molar refractivity (Wildman–Crippen MR) is 70.4 cm³/mol. The van der Waals surface area contributed by atoms with Gasteiger partial charge < -0.3 is 19.7 Å². The Morgan fingerprint density at radius 2 is 1.94 bits per heavy atom. The van der Waals surface area contributed by atoms with Crippen molar-refractivity contribution in [3.05, 3.63) is 0 Å². The maximum atomic E-state index is 5.53. The number of likely N-dealkylation sites (N-methyl/N-ethyl adjacent to an activating group) is 1. The zero-order valence-corrected chi connectivity index (χ0v) is 11.6. The van der Waals surface area contributed by atoms with Crippen LogP contribution in [0.4, 0.5) is 0 Å². The van der Waals surface area contributed by atoms with Crippen LogP contribution in [-0.4, -0.2) is 64.6 Å². The summed E-state index contributed by atoms with van der Waals surface area (Å²) in [6.45, 7) is 3.90. The van der Waals surface area contributed by atoms with E-state index < -0.39 is 0 Å². The second-order valence-electron chi connectivity index (χ2n) is 4.92. The Balaban J connectivity index is 2.11. The number of nitrogens with one attached hydrogen (secondary N) is 1. The van der Waals surface area contributed by atoms with Crippen molar-refractivity contribution in [2.24, 2.45) is 0 Å². The molecule has 2 unspecified atom stereocenters. The predicted octanol–water partition coefficient (Wildman–Crippen LogP) is 1.11. The fourth-order valence-corrected chi connectivity index (χ4v) is 2.41. The molecule has 0 amide bonds. The first-order valence-corrected chi connectivity index (χ1v) is 6.71. The summed E-state index contributed by atoms with van der Waals surface area (Å²) in [7, 11) is 5.71. The van der Waals surface area contributed by atoms with Crippen LogP contribution in [0.1, 0.15) is 25.7 Å². The Hall–Kier alpha value is -0.160. The van der Waals surface area contributed by atoms with E-state index in [0.717, 1.165) is 26.2 Å². The zero-order chi connectivity index (χ0) is 12.5. The molecule has 0 spiro atoms. The first kappa shape index (κ1) is 14.9. The van der Waals surface area contributed by atoms with Crippen molar-refractivity contribution in [1.29, 1.82) is 0 Å². The standard InChI is InChI=1S/C13H28N2O2/c1-15(10-11-16-2)9-8-14-12-6-4-5-7-13(12)17-3/h12-14H,4-11H2,1-3H3. The average Bonchev–Trinajstić information content (AvgIpc) is 2.37. The van der Waals surface area contributed by atoms with Gasteiger partial charge in [-0.15, -0.1) is 0 Å². The molecular weight excluding hydrogens is 216 g/mol. The quantitative estimate of drug-likeness (QED) is 0.693. The molecule has 1 aliphatic carbocycles. The van der Waals surface area contributed by atoms with E-state index in [-0.39, 0.29) is 0 Å². The van der Waals surface area contributed by atoms with Crippen molar-refractivity contribution < 1.29 is 9.47 Å². The van der Waals surface area contributed by atoms with Crippen molar-refractivity contribution in [2.75, 3.05) is 47.5 Å². The monoisotopic (exact) mass is 244 g/mol. The minimum Gasteiger partial charge on any atom is -0.383 e. The lowest BCUT2D eigenvalue weighted by molar-refractivity contribution is 0.0411. The molecule has 0 aromatic heterocycles. The van der Waals surface area contributed by atoms with Crippen LogP contribution in [-0.2, 0) is 9.47 Å². The topological polar surface area (TPSA) is 33.7 Å². The van der Waals surface area contributed by atoms with Crippen LogP contribution in [0.2, 0.25) is 0 Å². The number of hydrogen-bond acceptors (Lipinski definition) is 4. The molecule has 17 heavy (non-hydrogen) atoms. The van der Waals surface area contributed by atoms with Crippen LogP contribution >= 0.6 is 0 Å². The van der Waals surface area contributed by atoms with E-state index in [0.29, 0.717) is 12.1 Å². The maximum absolute atomic E-state index is 5.53. The lowest BCUT2D eigenvalue weighted by atomic mass is 9.92. The second-order valence-corrected chi connectivity index (χ2v) is 4.92. The Morgan fingerprint density at radius 3 is 2.65 bits per heavy atom. The first-order chi connectivity index (χ1) is 8.27. The van der Waals surface area contributed by atoms with Gasteiger partial charge in [0, 0.05) is 39.9 Å². The van der Waals surface area contributed by atoms with Gasteiger partial charge >= 0.3 is 0 Å². The van der Waals surface area contributed by atoms with Gasteiger partial charge in [-0.05, 0) is 19.9 Å². The first-order valence-electron chi connectivity index (χ1n) is 6.71. The third kappa shape index (κ3) is 5.82.